The smallest absolute Gasteiger partial charge is 0.237 e. The molecule has 4 nitrogen and oxygen atoms in total. The van der Waals surface area contributed by atoms with Gasteiger partial charge in [-0.1, -0.05) is 6.92 Å². The van der Waals surface area contributed by atoms with Gasteiger partial charge < -0.3 is 10.2 Å². The zero-order valence-electron chi connectivity index (χ0n) is 11.2. The highest BCUT2D eigenvalue weighted by Gasteiger charge is 2.28. The molecule has 2 rings (SSSR count). The second kappa shape index (κ2) is 6.19. The standard InChI is InChI=1S/C14H23N3O/c1-11-4-6-12(7-5-11)16-10-14(18)17-8-2-3-13(17)9-15/h11-13,16H,2-8,10H2,1H3. The third-order valence-electron chi connectivity index (χ3n) is 4.28. The van der Waals surface area contributed by atoms with E-state index in [1.54, 1.807) is 4.90 Å². The number of rotatable bonds is 3. The highest BCUT2D eigenvalue weighted by atomic mass is 16.2. The van der Waals surface area contributed by atoms with Gasteiger partial charge in [-0.2, -0.15) is 5.26 Å². The van der Waals surface area contributed by atoms with Gasteiger partial charge in [-0.15, -0.1) is 0 Å². The Morgan fingerprint density at radius 1 is 1.33 bits per heavy atom. The highest BCUT2D eigenvalue weighted by molar-refractivity contribution is 5.79. The summed E-state index contributed by atoms with van der Waals surface area (Å²) >= 11 is 0. The van der Waals surface area contributed by atoms with E-state index in [9.17, 15) is 4.79 Å². The summed E-state index contributed by atoms with van der Waals surface area (Å²) < 4.78 is 0. The third kappa shape index (κ3) is 3.23. The van der Waals surface area contributed by atoms with Gasteiger partial charge in [-0.25, -0.2) is 0 Å². The maximum atomic E-state index is 12.0. The Kier molecular flexibility index (Phi) is 4.60. The highest BCUT2D eigenvalue weighted by Crippen LogP contribution is 2.23. The predicted octanol–water partition coefficient (Wildman–Crippen LogP) is 1.67. The fourth-order valence-corrected chi connectivity index (χ4v) is 3.00. The first-order valence-corrected chi connectivity index (χ1v) is 7.13. The second-order valence-electron chi connectivity index (χ2n) is 5.71. The van der Waals surface area contributed by atoms with Gasteiger partial charge in [0.25, 0.3) is 0 Å². The van der Waals surface area contributed by atoms with Crippen LogP contribution in [0.3, 0.4) is 0 Å². The Morgan fingerprint density at radius 3 is 2.72 bits per heavy atom. The molecule has 100 valence electrons. The first kappa shape index (κ1) is 13.4. The molecule has 1 aliphatic heterocycles. The summed E-state index contributed by atoms with van der Waals surface area (Å²) in [6.45, 7) is 3.45. The number of carbonyl (C=O) groups excluding carboxylic acids is 1. The zero-order valence-corrected chi connectivity index (χ0v) is 11.2. The van der Waals surface area contributed by atoms with E-state index < -0.39 is 0 Å². The number of likely N-dealkylation sites (tertiary alicyclic amines) is 1. The minimum absolute atomic E-state index is 0.0951. The summed E-state index contributed by atoms with van der Waals surface area (Å²) in [5, 5.41) is 12.3. The predicted molar refractivity (Wildman–Crippen MR) is 69.8 cm³/mol. The Bertz CT molecular complexity index is 328. The van der Waals surface area contributed by atoms with Crippen LogP contribution in [0, 0.1) is 17.2 Å². The van der Waals surface area contributed by atoms with Crippen molar-refractivity contribution in [1.82, 2.24) is 10.2 Å². The van der Waals surface area contributed by atoms with Crippen molar-refractivity contribution >= 4 is 5.91 Å². The van der Waals surface area contributed by atoms with Gasteiger partial charge >= 0.3 is 0 Å². The van der Waals surface area contributed by atoms with Crippen molar-refractivity contribution in [1.29, 1.82) is 5.26 Å². The minimum Gasteiger partial charge on any atom is -0.326 e. The largest absolute Gasteiger partial charge is 0.326 e. The summed E-state index contributed by atoms with van der Waals surface area (Å²) in [7, 11) is 0. The van der Waals surface area contributed by atoms with Crippen molar-refractivity contribution in [2.75, 3.05) is 13.1 Å². The summed E-state index contributed by atoms with van der Waals surface area (Å²) in [6.07, 6.45) is 6.67. The molecule has 0 spiro atoms. The van der Waals surface area contributed by atoms with Crippen molar-refractivity contribution in [3.63, 3.8) is 0 Å². The molecule has 0 aromatic heterocycles. The van der Waals surface area contributed by atoms with Crippen molar-refractivity contribution in [2.45, 2.75) is 57.5 Å². The molecule has 1 aliphatic carbocycles. The van der Waals surface area contributed by atoms with E-state index >= 15 is 0 Å². The fourth-order valence-electron chi connectivity index (χ4n) is 3.00. The number of nitrogens with zero attached hydrogens (tertiary/aromatic N) is 2. The van der Waals surface area contributed by atoms with E-state index in [2.05, 4.69) is 18.3 Å². The van der Waals surface area contributed by atoms with Gasteiger partial charge in [0, 0.05) is 12.6 Å². The third-order valence-corrected chi connectivity index (χ3v) is 4.28. The summed E-state index contributed by atoms with van der Waals surface area (Å²) in [4.78, 5) is 13.8. The van der Waals surface area contributed by atoms with Crippen LogP contribution in [0.2, 0.25) is 0 Å². The molecule has 1 amide bonds. The Hall–Kier alpha value is -1.08. The van der Waals surface area contributed by atoms with Gasteiger partial charge in [0.15, 0.2) is 0 Å². The van der Waals surface area contributed by atoms with Gasteiger partial charge in [-0.05, 0) is 44.4 Å². The fraction of sp³-hybridized carbons (Fsp3) is 0.857. The molecule has 1 N–H and O–H groups in total. The number of hydrogen-bond acceptors (Lipinski definition) is 3. The van der Waals surface area contributed by atoms with E-state index in [1.165, 1.54) is 25.7 Å². The molecule has 2 fully saturated rings. The lowest BCUT2D eigenvalue weighted by Gasteiger charge is -2.28. The topological polar surface area (TPSA) is 56.1 Å². The SMILES string of the molecule is CC1CCC(NCC(=O)N2CCCC2C#N)CC1. The number of hydrogen-bond donors (Lipinski definition) is 1. The van der Waals surface area contributed by atoms with Gasteiger partial charge in [0.1, 0.15) is 6.04 Å². The molecule has 0 aromatic carbocycles. The van der Waals surface area contributed by atoms with Crippen LogP contribution in [0.1, 0.15) is 45.4 Å². The van der Waals surface area contributed by atoms with E-state index in [1.807, 2.05) is 0 Å². The Morgan fingerprint density at radius 2 is 2.06 bits per heavy atom. The van der Waals surface area contributed by atoms with Crippen molar-refractivity contribution < 1.29 is 4.79 Å². The first-order chi connectivity index (χ1) is 8.70. The molecule has 1 atom stereocenters. The van der Waals surface area contributed by atoms with Crippen LogP contribution in [-0.2, 0) is 4.79 Å². The summed E-state index contributed by atoms with van der Waals surface area (Å²) in [6, 6.07) is 2.52. The number of carbonyl (C=O) groups is 1. The molecular formula is C14H23N3O. The quantitative estimate of drug-likeness (QED) is 0.827. The molecule has 0 radical (unpaired) electrons. The molecule has 4 heteroatoms. The van der Waals surface area contributed by atoms with E-state index in [0.29, 0.717) is 12.6 Å². The van der Waals surface area contributed by atoms with Crippen LogP contribution in [0.15, 0.2) is 0 Å². The van der Waals surface area contributed by atoms with E-state index in [4.69, 9.17) is 5.26 Å². The maximum Gasteiger partial charge on any atom is 0.237 e. The molecule has 0 bridgehead atoms. The van der Waals surface area contributed by atoms with Crippen LogP contribution in [0.4, 0.5) is 0 Å². The van der Waals surface area contributed by atoms with Gasteiger partial charge in [-0.3, -0.25) is 4.79 Å². The van der Waals surface area contributed by atoms with Crippen molar-refractivity contribution in [3.05, 3.63) is 0 Å². The van der Waals surface area contributed by atoms with Crippen molar-refractivity contribution in [3.8, 4) is 6.07 Å². The molecule has 2 aliphatic rings. The minimum atomic E-state index is -0.189. The van der Waals surface area contributed by atoms with Crippen LogP contribution < -0.4 is 5.32 Å². The molecule has 1 saturated heterocycles. The molecule has 1 saturated carbocycles. The van der Waals surface area contributed by atoms with Crippen LogP contribution in [0.5, 0.6) is 0 Å². The lowest BCUT2D eigenvalue weighted by molar-refractivity contribution is -0.130. The summed E-state index contributed by atoms with van der Waals surface area (Å²) in [5.74, 6) is 0.929. The van der Waals surface area contributed by atoms with Gasteiger partial charge in [0.2, 0.25) is 5.91 Å². The molecule has 18 heavy (non-hydrogen) atoms. The average Bonchev–Trinajstić information content (AvgIpc) is 2.86. The number of nitrogens with one attached hydrogen (secondary N) is 1. The molecule has 0 aromatic rings. The lowest BCUT2D eigenvalue weighted by atomic mass is 9.87. The maximum absolute atomic E-state index is 12.0. The van der Waals surface area contributed by atoms with E-state index in [0.717, 1.165) is 25.3 Å². The lowest BCUT2D eigenvalue weighted by Crippen LogP contribution is -2.44. The van der Waals surface area contributed by atoms with Crippen molar-refractivity contribution in [2.24, 2.45) is 5.92 Å². The second-order valence-corrected chi connectivity index (χ2v) is 5.71. The van der Waals surface area contributed by atoms with Crippen LogP contribution in [0.25, 0.3) is 0 Å². The molecular weight excluding hydrogens is 226 g/mol. The average molecular weight is 249 g/mol. The Labute approximate surface area is 109 Å². The zero-order chi connectivity index (χ0) is 13.0. The number of amides is 1. The monoisotopic (exact) mass is 249 g/mol. The van der Waals surface area contributed by atoms with Gasteiger partial charge in [0.05, 0.1) is 12.6 Å². The number of nitriles is 1. The van der Waals surface area contributed by atoms with Crippen LogP contribution >= 0.6 is 0 Å². The molecule has 1 heterocycles. The van der Waals surface area contributed by atoms with E-state index in [-0.39, 0.29) is 11.9 Å². The Balaban J connectivity index is 1.73. The summed E-state index contributed by atoms with van der Waals surface area (Å²) in [5.41, 5.74) is 0. The first-order valence-electron chi connectivity index (χ1n) is 7.13. The normalized spacial score (nSPS) is 32.2. The molecule has 1 unspecified atom stereocenters. The van der Waals surface area contributed by atoms with Crippen LogP contribution in [-0.4, -0.2) is 36.0 Å².